The summed E-state index contributed by atoms with van der Waals surface area (Å²) in [5.41, 5.74) is 2.09. The smallest absolute Gasteiger partial charge is 0.255 e. The van der Waals surface area contributed by atoms with Crippen LogP contribution in [0.1, 0.15) is 34.3 Å². The van der Waals surface area contributed by atoms with Gasteiger partial charge in [-0.1, -0.05) is 12.2 Å². The zero-order chi connectivity index (χ0) is 19.0. The number of carbonyl (C=O) groups excluding carboxylic acids is 1. The first-order valence-corrected chi connectivity index (χ1v) is 9.23. The van der Waals surface area contributed by atoms with Gasteiger partial charge in [0.15, 0.2) is 0 Å². The highest BCUT2D eigenvalue weighted by molar-refractivity contribution is 5.98. The van der Waals surface area contributed by atoms with Gasteiger partial charge in [0.25, 0.3) is 11.5 Å². The molecule has 2 aliphatic rings. The Morgan fingerprint density at radius 1 is 1.26 bits per heavy atom. The average molecular weight is 365 g/mol. The number of aryl methyl sites for hydroxylation is 1. The number of hydrogen-bond acceptors (Lipinski definition) is 5. The Bertz CT molecular complexity index is 943. The number of nitrogens with zero attached hydrogens (tertiary/aromatic N) is 5. The fraction of sp³-hybridized carbons (Fsp3) is 0.400. The Balaban J connectivity index is 1.50. The maximum absolute atomic E-state index is 13.2. The van der Waals surface area contributed by atoms with Gasteiger partial charge in [0.2, 0.25) is 0 Å². The van der Waals surface area contributed by atoms with Crippen LogP contribution in [0.4, 0.5) is 5.82 Å². The zero-order valence-electron chi connectivity index (χ0n) is 15.6. The van der Waals surface area contributed by atoms with E-state index in [0.717, 1.165) is 37.3 Å². The number of amides is 1. The van der Waals surface area contributed by atoms with Crippen molar-refractivity contribution in [1.29, 1.82) is 0 Å². The summed E-state index contributed by atoms with van der Waals surface area (Å²) in [6, 6.07) is 0.170. The highest BCUT2D eigenvalue weighted by Gasteiger charge is 2.29. The fourth-order valence-corrected chi connectivity index (χ4v) is 3.96. The van der Waals surface area contributed by atoms with Crippen molar-refractivity contribution in [2.75, 3.05) is 25.0 Å². The summed E-state index contributed by atoms with van der Waals surface area (Å²) in [7, 11) is 3.57. The minimum Gasteiger partial charge on any atom is -0.355 e. The molecule has 0 aromatic carbocycles. The maximum Gasteiger partial charge on any atom is 0.255 e. The van der Waals surface area contributed by atoms with E-state index in [2.05, 4.69) is 14.9 Å². The normalized spacial score (nSPS) is 16.4. The molecule has 3 heterocycles. The second kappa shape index (κ2) is 6.98. The number of anilines is 1. The first-order valence-electron chi connectivity index (χ1n) is 9.23. The number of hydrogen-bond donors (Lipinski definition) is 0. The Morgan fingerprint density at radius 3 is 2.74 bits per heavy atom. The van der Waals surface area contributed by atoms with Crippen molar-refractivity contribution in [3.8, 4) is 0 Å². The van der Waals surface area contributed by atoms with E-state index in [4.69, 9.17) is 0 Å². The summed E-state index contributed by atoms with van der Waals surface area (Å²) in [5.74, 6) is 0.859. The topological polar surface area (TPSA) is 71.3 Å². The van der Waals surface area contributed by atoms with Crippen molar-refractivity contribution >= 4 is 17.8 Å². The summed E-state index contributed by atoms with van der Waals surface area (Å²) < 4.78 is 1.52. The molecule has 4 rings (SSSR count). The van der Waals surface area contributed by atoms with E-state index in [1.807, 2.05) is 24.1 Å². The van der Waals surface area contributed by atoms with Crippen molar-refractivity contribution in [3.63, 3.8) is 0 Å². The molecule has 27 heavy (non-hydrogen) atoms. The van der Waals surface area contributed by atoms with Crippen LogP contribution in [0.2, 0.25) is 0 Å². The van der Waals surface area contributed by atoms with Crippen LogP contribution in [0.25, 0.3) is 6.08 Å². The van der Waals surface area contributed by atoms with Crippen molar-refractivity contribution in [1.82, 2.24) is 19.4 Å². The SMILES string of the molecule is CN(C(=O)c1cn(C)c(=O)c2c1C=CC2)C1CCN(c2cnccn2)CC1. The summed E-state index contributed by atoms with van der Waals surface area (Å²) >= 11 is 0. The number of aromatic nitrogens is 3. The molecule has 0 unspecified atom stereocenters. The van der Waals surface area contributed by atoms with Crippen molar-refractivity contribution < 1.29 is 4.79 Å². The van der Waals surface area contributed by atoms with Gasteiger partial charge in [-0.3, -0.25) is 14.6 Å². The first-order chi connectivity index (χ1) is 13.1. The van der Waals surface area contributed by atoms with Crippen LogP contribution in [0.5, 0.6) is 0 Å². The molecule has 0 atom stereocenters. The second-order valence-corrected chi connectivity index (χ2v) is 7.16. The lowest BCUT2D eigenvalue weighted by atomic mass is 10.0. The molecule has 0 spiro atoms. The molecule has 2 aromatic heterocycles. The lowest BCUT2D eigenvalue weighted by molar-refractivity contribution is 0.0708. The predicted molar refractivity (Wildman–Crippen MR) is 104 cm³/mol. The van der Waals surface area contributed by atoms with E-state index in [0.29, 0.717) is 17.5 Å². The van der Waals surface area contributed by atoms with Gasteiger partial charge in [-0.25, -0.2) is 4.98 Å². The number of pyridine rings is 1. The predicted octanol–water partition coefficient (Wildman–Crippen LogP) is 1.49. The number of carbonyl (C=O) groups is 1. The highest BCUT2D eigenvalue weighted by atomic mass is 16.2. The fourth-order valence-electron chi connectivity index (χ4n) is 3.96. The summed E-state index contributed by atoms with van der Waals surface area (Å²) in [6.45, 7) is 1.68. The van der Waals surface area contributed by atoms with Crippen LogP contribution >= 0.6 is 0 Å². The van der Waals surface area contributed by atoms with Crippen LogP contribution in [0.15, 0.2) is 35.7 Å². The number of rotatable bonds is 3. The molecule has 1 aliphatic heterocycles. The number of allylic oxidation sites excluding steroid dienone is 1. The van der Waals surface area contributed by atoms with Gasteiger partial charge in [0.1, 0.15) is 5.82 Å². The van der Waals surface area contributed by atoms with E-state index in [-0.39, 0.29) is 17.5 Å². The van der Waals surface area contributed by atoms with Crippen LogP contribution in [-0.2, 0) is 13.5 Å². The molecule has 0 bridgehead atoms. The van der Waals surface area contributed by atoms with E-state index in [1.54, 1.807) is 31.8 Å². The molecule has 0 radical (unpaired) electrons. The molecule has 1 amide bonds. The Morgan fingerprint density at radius 2 is 2.04 bits per heavy atom. The Labute approximate surface area is 158 Å². The molecular weight excluding hydrogens is 342 g/mol. The minimum atomic E-state index is -0.0219. The van der Waals surface area contributed by atoms with E-state index >= 15 is 0 Å². The molecule has 7 heteroatoms. The monoisotopic (exact) mass is 365 g/mol. The van der Waals surface area contributed by atoms with Gasteiger partial charge in [0.05, 0.1) is 11.8 Å². The van der Waals surface area contributed by atoms with Crippen LogP contribution in [0, 0.1) is 0 Å². The number of fused-ring (bicyclic) bond motifs is 1. The van der Waals surface area contributed by atoms with E-state index in [1.165, 1.54) is 4.57 Å². The maximum atomic E-state index is 13.2. The Hall–Kier alpha value is -2.96. The van der Waals surface area contributed by atoms with Crippen LogP contribution in [0.3, 0.4) is 0 Å². The molecule has 7 nitrogen and oxygen atoms in total. The minimum absolute atomic E-state index is 0.0218. The zero-order valence-corrected chi connectivity index (χ0v) is 15.6. The molecule has 2 aromatic rings. The summed E-state index contributed by atoms with van der Waals surface area (Å²) in [4.78, 5) is 37.9. The quantitative estimate of drug-likeness (QED) is 0.824. The molecule has 1 fully saturated rings. The number of piperidine rings is 1. The van der Waals surface area contributed by atoms with Crippen LogP contribution in [-0.4, -0.2) is 51.5 Å². The van der Waals surface area contributed by atoms with Crippen molar-refractivity contribution in [2.45, 2.75) is 25.3 Å². The van der Waals surface area contributed by atoms with Gasteiger partial charge >= 0.3 is 0 Å². The first kappa shape index (κ1) is 17.5. The largest absolute Gasteiger partial charge is 0.355 e. The third-order valence-corrected chi connectivity index (χ3v) is 5.56. The highest BCUT2D eigenvalue weighted by Crippen LogP contribution is 2.25. The molecule has 140 valence electrons. The summed E-state index contributed by atoms with van der Waals surface area (Å²) in [6.07, 6.45) is 13.0. The molecule has 1 saturated heterocycles. The average Bonchev–Trinajstić information content (AvgIpc) is 3.20. The Kier molecular flexibility index (Phi) is 4.51. The molecule has 0 N–H and O–H groups in total. The third kappa shape index (κ3) is 3.13. The van der Waals surface area contributed by atoms with Crippen molar-refractivity contribution in [3.05, 3.63) is 57.9 Å². The van der Waals surface area contributed by atoms with Gasteiger partial charge in [-0.2, -0.15) is 0 Å². The third-order valence-electron chi connectivity index (χ3n) is 5.56. The van der Waals surface area contributed by atoms with E-state index < -0.39 is 0 Å². The lowest BCUT2D eigenvalue weighted by Crippen LogP contribution is -2.46. The van der Waals surface area contributed by atoms with Gasteiger partial charge in [-0.15, -0.1) is 0 Å². The van der Waals surface area contributed by atoms with Gasteiger partial charge < -0.3 is 14.4 Å². The van der Waals surface area contributed by atoms with E-state index in [9.17, 15) is 9.59 Å². The van der Waals surface area contributed by atoms with Crippen molar-refractivity contribution in [2.24, 2.45) is 7.05 Å². The van der Waals surface area contributed by atoms with Crippen LogP contribution < -0.4 is 10.5 Å². The van der Waals surface area contributed by atoms with Gasteiger partial charge in [-0.05, 0) is 24.8 Å². The molecule has 0 saturated carbocycles. The summed E-state index contributed by atoms with van der Waals surface area (Å²) in [5, 5.41) is 0. The second-order valence-electron chi connectivity index (χ2n) is 7.16. The molecule has 1 aliphatic carbocycles. The standard InChI is InChI=1S/C20H23N5O2/c1-23-13-17(15-4-3-5-16(15)19(23)26)20(27)24(2)14-6-10-25(11-7-14)18-12-21-8-9-22-18/h3-4,8-9,12-14H,5-7,10-11H2,1-2H3. The lowest BCUT2D eigenvalue weighted by Gasteiger charge is -2.37. The molecular formula is C20H23N5O2. The van der Waals surface area contributed by atoms with Gasteiger partial charge in [0, 0.05) is 57.4 Å².